The second kappa shape index (κ2) is 5.66. The maximum Gasteiger partial charge on any atom is 0.243 e. The van der Waals surface area contributed by atoms with Crippen LogP contribution in [0.5, 0.6) is 0 Å². The van der Waals surface area contributed by atoms with Gasteiger partial charge in [0, 0.05) is 24.1 Å². The SMILES string of the molecule is NCC1CN(S(=O)(=O)c2cccc(Br)c2)CCO1. The van der Waals surface area contributed by atoms with Crippen LogP contribution in [0.15, 0.2) is 33.6 Å². The zero-order valence-corrected chi connectivity index (χ0v) is 12.2. The molecule has 5 nitrogen and oxygen atoms in total. The summed E-state index contributed by atoms with van der Waals surface area (Å²) in [5.41, 5.74) is 5.52. The molecule has 0 aliphatic carbocycles. The summed E-state index contributed by atoms with van der Waals surface area (Å²) in [6.07, 6.45) is -0.222. The fourth-order valence-electron chi connectivity index (χ4n) is 1.83. The monoisotopic (exact) mass is 334 g/mol. The highest BCUT2D eigenvalue weighted by Gasteiger charge is 2.30. The average Bonchev–Trinajstić information content (AvgIpc) is 2.39. The number of halogens is 1. The highest BCUT2D eigenvalue weighted by molar-refractivity contribution is 9.10. The van der Waals surface area contributed by atoms with Crippen molar-refractivity contribution in [3.63, 3.8) is 0 Å². The van der Waals surface area contributed by atoms with E-state index in [-0.39, 0.29) is 11.0 Å². The van der Waals surface area contributed by atoms with Crippen molar-refractivity contribution in [1.82, 2.24) is 4.31 Å². The summed E-state index contributed by atoms with van der Waals surface area (Å²) in [5.74, 6) is 0. The lowest BCUT2D eigenvalue weighted by Gasteiger charge is -2.31. The van der Waals surface area contributed by atoms with E-state index in [2.05, 4.69) is 15.9 Å². The molecule has 1 aliphatic rings. The predicted molar refractivity (Wildman–Crippen MR) is 71.7 cm³/mol. The minimum absolute atomic E-state index is 0.222. The Morgan fingerprint density at radius 3 is 2.94 bits per heavy atom. The number of hydrogen-bond donors (Lipinski definition) is 1. The quantitative estimate of drug-likeness (QED) is 0.887. The molecule has 1 heterocycles. The van der Waals surface area contributed by atoms with Crippen LogP contribution >= 0.6 is 15.9 Å². The minimum atomic E-state index is -3.46. The van der Waals surface area contributed by atoms with Crippen molar-refractivity contribution in [3.8, 4) is 0 Å². The molecule has 0 aromatic heterocycles. The molecule has 0 spiro atoms. The molecule has 1 unspecified atom stereocenters. The van der Waals surface area contributed by atoms with Gasteiger partial charge in [-0.15, -0.1) is 0 Å². The van der Waals surface area contributed by atoms with Gasteiger partial charge >= 0.3 is 0 Å². The third-order valence-electron chi connectivity index (χ3n) is 2.80. The van der Waals surface area contributed by atoms with Crippen molar-refractivity contribution in [1.29, 1.82) is 0 Å². The Morgan fingerprint density at radius 1 is 1.50 bits per heavy atom. The Hall–Kier alpha value is -0.470. The second-order valence-electron chi connectivity index (χ2n) is 4.05. The van der Waals surface area contributed by atoms with E-state index < -0.39 is 10.0 Å². The Morgan fingerprint density at radius 2 is 2.28 bits per heavy atom. The number of ether oxygens (including phenoxy) is 1. The van der Waals surface area contributed by atoms with Gasteiger partial charge in [-0.1, -0.05) is 22.0 Å². The van der Waals surface area contributed by atoms with Crippen molar-refractivity contribution in [2.45, 2.75) is 11.0 Å². The van der Waals surface area contributed by atoms with Gasteiger partial charge in [0.2, 0.25) is 10.0 Å². The molecule has 1 saturated heterocycles. The Kier molecular flexibility index (Phi) is 4.39. The summed E-state index contributed by atoms with van der Waals surface area (Å²) >= 11 is 3.28. The molecule has 2 N–H and O–H groups in total. The summed E-state index contributed by atoms with van der Waals surface area (Å²) in [4.78, 5) is 0.287. The van der Waals surface area contributed by atoms with Crippen LogP contribution in [-0.4, -0.2) is 45.1 Å². The van der Waals surface area contributed by atoms with Gasteiger partial charge in [-0.2, -0.15) is 4.31 Å². The summed E-state index contributed by atoms with van der Waals surface area (Å²) in [7, 11) is -3.46. The topological polar surface area (TPSA) is 72.6 Å². The third kappa shape index (κ3) is 2.92. The van der Waals surface area contributed by atoms with Crippen LogP contribution in [-0.2, 0) is 14.8 Å². The lowest BCUT2D eigenvalue weighted by Crippen LogP contribution is -2.48. The van der Waals surface area contributed by atoms with Gasteiger partial charge in [-0.3, -0.25) is 0 Å². The molecule has 100 valence electrons. The van der Waals surface area contributed by atoms with Crippen molar-refractivity contribution in [3.05, 3.63) is 28.7 Å². The maximum absolute atomic E-state index is 12.4. The fraction of sp³-hybridized carbons (Fsp3) is 0.455. The van der Waals surface area contributed by atoms with Crippen LogP contribution in [0.3, 0.4) is 0 Å². The largest absolute Gasteiger partial charge is 0.374 e. The Bertz CT molecular complexity index is 521. The molecule has 7 heteroatoms. The lowest BCUT2D eigenvalue weighted by atomic mass is 10.3. The number of rotatable bonds is 3. The number of nitrogens with zero attached hydrogens (tertiary/aromatic N) is 1. The van der Waals surface area contributed by atoms with Gasteiger partial charge in [-0.25, -0.2) is 8.42 Å². The standard InChI is InChI=1S/C11H15BrN2O3S/c12-9-2-1-3-11(6-9)18(15,16)14-4-5-17-10(7-13)8-14/h1-3,6,10H,4-5,7-8,13H2. The van der Waals surface area contributed by atoms with E-state index in [4.69, 9.17) is 10.5 Å². The highest BCUT2D eigenvalue weighted by atomic mass is 79.9. The third-order valence-corrected chi connectivity index (χ3v) is 5.15. The smallest absolute Gasteiger partial charge is 0.243 e. The Balaban J connectivity index is 2.25. The molecule has 1 aliphatic heterocycles. The number of hydrogen-bond acceptors (Lipinski definition) is 4. The van der Waals surface area contributed by atoms with E-state index in [1.807, 2.05) is 0 Å². The van der Waals surface area contributed by atoms with Gasteiger partial charge in [0.25, 0.3) is 0 Å². The van der Waals surface area contributed by atoms with Crippen LogP contribution in [0, 0.1) is 0 Å². The molecule has 0 radical (unpaired) electrons. The molecular formula is C11H15BrN2O3S. The van der Waals surface area contributed by atoms with Gasteiger partial charge in [-0.05, 0) is 18.2 Å². The molecule has 1 aromatic rings. The van der Waals surface area contributed by atoms with Crippen molar-refractivity contribution >= 4 is 26.0 Å². The molecule has 0 saturated carbocycles. The van der Waals surface area contributed by atoms with Gasteiger partial charge < -0.3 is 10.5 Å². The fourth-order valence-corrected chi connectivity index (χ4v) is 3.88. The maximum atomic E-state index is 12.4. The molecule has 0 bridgehead atoms. The summed E-state index contributed by atoms with van der Waals surface area (Å²) in [6, 6.07) is 6.69. The van der Waals surface area contributed by atoms with Gasteiger partial charge in [0.1, 0.15) is 0 Å². The zero-order chi connectivity index (χ0) is 13.2. The number of sulfonamides is 1. The first-order chi connectivity index (χ1) is 8.54. The average molecular weight is 335 g/mol. The normalized spacial score (nSPS) is 22.0. The number of benzene rings is 1. The minimum Gasteiger partial charge on any atom is -0.374 e. The molecular weight excluding hydrogens is 320 g/mol. The predicted octanol–water partition coefficient (Wildman–Crippen LogP) is 0.797. The summed E-state index contributed by atoms with van der Waals surface area (Å²) in [6.45, 7) is 1.39. The second-order valence-corrected chi connectivity index (χ2v) is 6.90. The highest BCUT2D eigenvalue weighted by Crippen LogP contribution is 2.21. The van der Waals surface area contributed by atoms with Gasteiger partial charge in [0.05, 0.1) is 17.6 Å². The molecule has 0 amide bonds. The van der Waals surface area contributed by atoms with Gasteiger partial charge in [0.15, 0.2) is 0 Å². The molecule has 18 heavy (non-hydrogen) atoms. The van der Waals surface area contributed by atoms with Crippen LogP contribution in [0.25, 0.3) is 0 Å². The van der Waals surface area contributed by atoms with Crippen molar-refractivity contribution < 1.29 is 13.2 Å². The van der Waals surface area contributed by atoms with Crippen LogP contribution in [0.4, 0.5) is 0 Å². The van der Waals surface area contributed by atoms with E-state index >= 15 is 0 Å². The summed E-state index contributed by atoms with van der Waals surface area (Å²) in [5, 5.41) is 0. The molecule has 1 aromatic carbocycles. The zero-order valence-electron chi connectivity index (χ0n) is 9.75. The first kappa shape index (κ1) is 14.0. The van der Waals surface area contributed by atoms with Crippen LogP contribution in [0.2, 0.25) is 0 Å². The van der Waals surface area contributed by atoms with Crippen molar-refractivity contribution in [2.75, 3.05) is 26.2 Å². The van der Waals surface area contributed by atoms with E-state index in [0.29, 0.717) is 26.2 Å². The molecule has 1 fully saturated rings. The first-order valence-electron chi connectivity index (χ1n) is 5.61. The van der Waals surface area contributed by atoms with Crippen molar-refractivity contribution in [2.24, 2.45) is 5.73 Å². The van der Waals surface area contributed by atoms with E-state index in [0.717, 1.165) is 4.47 Å². The van der Waals surface area contributed by atoms with E-state index in [9.17, 15) is 8.42 Å². The Labute approximate surface area is 115 Å². The molecule has 2 rings (SSSR count). The number of nitrogens with two attached hydrogens (primary N) is 1. The number of morpholine rings is 1. The first-order valence-corrected chi connectivity index (χ1v) is 7.85. The van der Waals surface area contributed by atoms with Crippen LogP contribution in [0.1, 0.15) is 0 Å². The molecule has 1 atom stereocenters. The van der Waals surface area contributed by atoms with E-state index in [1.54, 1.807) is 24.3 Å². The van der Waals surface area contributed by atoms with Crippen LogP contribution < -0.4 is 5.73 Å². The summed E-state index contributed by atoms with van der Waals surface area (Å²) < 4.78 is 32.4. The van der Waals surface area contributed by atoms with E-state index in [1.165, 1.54) is 4.31 Å². The lowest BCUT2D eigenvalue weighted by molar-refractivity contribution is 0.00450.